The normalized spacial score (nSPS) is 27.8. The van der Waals surface area contributed by atoms with Crippen LogP contribution in [0.3, 0.4) is 0 Å². The zero-order valence-corrected chi connectivity index (χ0v) is 25.6. The van der Waals surface area contributed by atoms with Gasteiger partial charge in [-0.15, -0.1) is 0 Å². The van der Waals surface area contributed by atoms with Crippen molar-refractivity contribution in [2.24, 2.45) is 0 Å². The Kier molecular flexibility index (Phi) is 10.0. The van der Waals surface area contributed by atoms with Crippen molar-refractivity contribution in [1.82, 2.24) is 0 Å². The lowest BCUT2D eigenvalue weighted by Gasteiger charge is -2.48. The summed E-state index contributed by atoms with van der Waals surface area (Å²) in [5, 5.41) is 10.7. The van der Waals surface area contributed by atoms with Crippen molar-refractivity contribution in [3.8, 4) is 0 Å². The Morgan fingerprint density at radius 1 is 0.558 bits per heavy atom. The van der Waals surface area contributed by atoms with Gasteiger partial charge in [0.25, 0.3) is 0 Å². The van der Waals surface area contributed by atoms with Gasteiger partial charge in [0.1, 0.15) is 12.2 Å². The Hall–Kier alpha value is -2.66. The van der Waals surface area contributed by atoms with Gasteiger partial charge >= 0.3 is 0 Å². The Morgan fingerprint density at radius 2 is 0.930 bits per heavy atom. The van der Waals surface area contributed by atoms with Crippen LogP contribution < -0.4 is 0 Å². The molecule has 5 rings (SSSR count). The summed E-state index contributed by atoms with van der Waals surface area (Å²) in [5.41, 5.74) is 0.481. The number of benzene rings is 3. The second-order valence-corrected chi connectivity index (χ2v) is 12.1. The van der Waals surface area contributed by atoms with Crippen LogP contribution >= 0.6 is 0 Å². The molecule has 0 unspecified atom stereocenters. The summed E-state index contributed by atoms with van der Waals surface area (Å²) in [4.78, 5) is 0. The third kappa shape index (κ3) is 7.36. The van der Waals surface area contributed by atoms with Gasteiger partial charge in [0, 0.05) is 0 Å². The molecule has 43 heavy (non-hydrogen) atoms. The van der Waals surface area contributed by atoms with Crippen molar-refractivity contribution >= 4 is 0 Å². The Bertz CT molecular complexity index is 1270. The van der Waals surface area contributed by atoms with E-state index in [1.165, 1.54) is 0 Å². The number of hydrogen-bond acceptors (Lipinski definition) is 8. The van der Waals surface area contributed by atoms with Gasteiger partial charge in [0.15, 0.2) is 22.8 Å². The average Bonchev–Trinajstić information content (AvgIpc) is 3.43. The van der Waals surface area contributed by atoms with Crippen molar-refractivity contribution in [3.63, 3.8) is 0 Å². The van der Waals surface area contributed by atoms with E-state index >= 15 is 0 Å². The molecule has 0 aliphatic carbocycles. The molecule has 0 aromatic heterocycles. The standard InChI is InChI=1S/C35H44O8/c1-32(2)40-30(20-36)34(42-32,25-38-22-28-16-10-6-11-17-28)35(26-39-23-29-18-12-7-13-19-29)31(41-33(3,4)43-35)24-37-21-27-14-8-5-9-15-27/h5-19,30-31,36H,20-26H2,1-4H3/t30-,31+,34-,35+/m1/s1. The minimum atomic E-state index is -1.31. The van der Waals surface area contributed by atoms with Crippen LogP contribution in [0.15, 0.2) is 91.0 Å². The van der Waals surface area contributed by atoms with Crippen LogP contribution in [0.1, 0.15) is 44.4 Å². The van der Waals surface area contributed by atoms with E-state index in [1.807, 2.05) is 119 Å². The molecule has 4 atom stereocenters. The zero-order chi connectivity index (χ0) is 30.4. The molecule has 3 aromatic carbocycles. The van der Waals surface area contributed by atoms with Gasteiger partial charge in [0.05, 0.1) is 46.2 Å². The average molecular weight is 593 g/mol. The molecule has 2 heterocycles. The summed E-state index contributed by atoms with van der Waals surface area (Å²) in [7, 11) is 0. The van der Waals surface area contributed by atoms with Crippen molar-refractivity contribution in [1.29, 1.82) is 0 Å². The van der Waals surface area contributed by atoms with Crippen LogP contribution in [0.5, 0.6) is 0 Å². The number of aliphatic hydroxyl groups is 1. The van der Waals surface area contributed by atoms with Crippen LogP contribution in [0.4, 0.5) is 0 Å². The molecule has 0 spiro atoms. The second kappa shape index (κ2) is 13.5. The highest BCUT2D eigenvalue weighted by atomic mass is 16.8. The molecule has 232 valence electrons. The molecule has 2 aliphatic rings. The van der Waals surface area contributed by atoms with Gasteiger partial charge in [-0.2, -0.15) is 0 Å². The largest absolute Gasteiger partial charge is 0.394 e. The molecule has 8 nitrogen and oxygen atoms in total. The third-order valence-electron chi connectivity index (χ3n) is 7.87. The van der Waals surface area contributed by atoms with Crippen molar-refractivity contribution < 1.29 is 38.3 Å². The first-order valence-corrected chi connectivity index (χ1v) is 14.9. The summed E-state index contributed by atoms with van der Waals surface area (Å²) in [6, 6.07) is 29.8. The van der Waals surface area contributed by atoms with Gasteiger partial charge in [0.2, 0.25) is 0 Å². The molecular weight excluding hydrogens is 548 g/mol. The molecular formula is C35H44O8. The lowest BCUT2D eigenvalue weighted by Crippen LogP contribution is -2.70. The Morgan fingerprint density at radius 3 is 1.35 bits per heavy atom. The summed E-state index contributed by atoms with van der Waals surface area (Å²) < 4.78 is 45.6. The van der Waals surface area contributed by atoms with Crippen molar-refractivity contribution in [2.75, 3.05) is 26.4 Å². The molecule has 0 radical (unpaired) electrons. The predicted octanol–water partition coefficient (Wildman–Crippen LogP) is 5.41. The minimum absolute atomic E-state index is 0.0554. The van der Waals surface area contributed by atoms with E-state index < -0.39 is 35.0 Å². The van der Waals surface area contributed by atoms with E-state index in [-0.39, 0.29) is 26.4 Å². The van der Waals surface area contributed by atoms with Crippen LogP contribution in [0.2, 0.25) is 0 Å². The molecule has 2 fully saturated rings. The van der Waals surface area contributed by atoms with E-state index in [1.54, 1.807) is 0 Å². The quantitative estimate of drug-likeness (QED) is 0.266. The lowest BCUT2D eigenvalue weighted by molar-refractivity contribution is -0.273. The maximum atomic E-state index is 10.7. The zero-order valence-electron chi connectivity index (χ0n) is 25.6. The van der Waals surface area contributed by atoms with Gasteiger partial charge in [-0.3, -0.25) is 0 Å². The van der Waals surface area contributed by atoms with E-state index in [0.717, 1.165) is 16.7 Å². The smallest absolute Gasteiger partial charge is 0.164 e. The molecule has 2 saturated heterocycles. The van der Waals surface area contributed by atoms with Gasteiger partial charge in [-0.1, -0.05) is 91.0 Å². The monoisotopic (exact) mass is 592 g/mol. The number of hydrogen-bond donors (Lipinski definition) is 1. The van der Waals surface area contributed by atoms with Crippen molar-refractivity contribution in [2.45, 2.75) is 82.5 Å². The second-order valence-electron chi connectivity index (χ2n) is 12.1. The maximum absolute atomic E-state index is 10.7. The molecule has 0 bridgehead atoms. The van der Waals surface area contributed by atoms with E-state index in [0.29, 0.717) is 19.8 Å². The first kappa shape index (κ1) is 31.8. The fourth-order valence-electron chi connectivity index (χ4n) is 6.14. The summed E-state index contributed by atoms with van der Waals surface area (Å²) in [5.74, 6) is -2.05. The SMILES string of the molecule is CC1(C)O[C@@H](COCc2ccccc2)[C@@](COCc2ccccc2)([C@]2(COCc3ccccc3)OC(C)(C)O[C@@H]2CO)O1. The van der Waals surface area contributed by atoms with Crippen LogP contribution in [-0.2, 0) is 53.0 Å². The Labute approximate surface area is 254 Å². The first-order chi connectivity index (χ1) is 20.7. The van der Waals surface area contributed by atoms with Crippen LogP contribution in [-0.4, -0.2) is 66.5 Å². The Balaban J connectivity index is 1.49. The highest BCUT2D eigenvalue weighted by Crippen LogP contribution is 2.53. The predicted molar refractivity (Wildman–Crippen MR) is 161 cm³/mol. The minimum Gasteiger partial charge on any atom is -0.394 e. The molecule has 2 aliphatic heterocycles. The summed E-state index contributed by atoms with van der Waals surface area (Å²) in [6.45, 7) is 8.47. The number of ether oxygens (including phenoxy) is 7. The van der Waals surface area contributed by atoms with E-state index in [4.69, 9.17) is 33.2 Å². The molecule has 0 saturated carbocycles. The highest BCUT2D eigenvalue weighted by Gasteiger charge is 2.73. The molecule has 8 heteroatoms. The van der Waals surface area contributed by atoms with Gasteiger partial charge < -0.3 is 38.3 Å². The number of aliphatic hydroxyl groups excluding tert-OH is 1. The van der Waals surface area contributed by atoms with Crippen molar-refractivity contribution in [3.05, 3.63) is 108 Å². The first-order valence-electron chi connectivity index (χ1n) is 14.9. The lowest BCUT2D eigenvalue weighted by atomic mass is 9.75. The number of rotatable bonds is 14. The van der Waals surface area contributed by atoms with Crippen LogP contribution in [0.25, 0.3) is 0 Å². The third-order valence-corrected chi connectivity index (χ3v) is 7.87. The van der Waals surface area contributed by atoms with Gasteiger partial charge in [-0.25, -0.2) is 0 Å². The van der Waals surface area contributed by atoms with E-state index in [9.17, 15) is 5.11 Å². The molecule has 1 N–H and O–H groups in total. The van der Waals surface area contributed by atoms with Gasteiger partial charge in [-0.05, 0) is 44.4 Å². The topological polar surface area (TPSA) is 84.8 Å². The summed E-state index contributed by atoms with van der Waals surface area (Å²) >= 11 is 0. The fourth-order valence-corrected chi connectivity index (χ4v) is 6.14. The highest BCUT2D eigenvalue weighted by molar-refractivity contribution is 5.19. The molecule has 0 amide bonds. The summed E-state index contributed by atoms with van der Waals surface area (Å²) in [6.07, 6.45) is -1.44. The fraction of sp³-hybridized carbons (Fsp3) is 0.486. The molecule has 3 aromatic rings. The van der Waals surface area contributed by atoms with Crippen LogP contribution in [0, 0.1) is 0 Å². The maximum Gasteiger partial charge on any atom is 0.164 e. The van der Waals surface area contributed by atoms with E-state index in [2.05, 4.69) is 0 Å².